The predicted octanol–water partition coefficient (Wildman–Crippen LogP) is 3.24. The number of pyridine rings is 1. The molecule has 0 amide bonds. The second-order valence-corrected chi connectivity index (χ2v) is 4.92. The molecule has 0 saturated carbocycles. The number of nitro groups is 1. The topological polar surface area (TPSA) is 68.1 Å². The van der Waals surface area contributed by atoms with Crippen LogP contribution in [0.3, 0.4) is 0 Å². The minimum atomic E-state index is -0.287. The summed E-state index contributed by atoms with van der Waals surface area (Å²) in [7, 11) is 1.88. The van der Waals surface area contributed by atoms with E-state index in [0.29, 0.717) is 10.9 Å². The van der Waals surface area contributed by atoms with Gasteiger partial charge in [0, 0.05) is 23.7 Å². The van der Waals surface area contributed by atoms with E-state index in [1.54, 1.807) is 18.3 Å². The van der Waals surface area contributed by atoms with Crippen molar-refractivity contribution in [2.45, 2.75) is 32.2 Å². The van der Waals surface area contributed by atoms with Crippen LogP contribution < -0.4 is 5.32 Å². The third kappa shape index (κ3) is 2.49. The molecule has 1 aromatic heterocycles. The molecule has 2 atom stereocenters. The number of benzene rings is 1. The molecule has 5 heteroatoms. The number of fused-ring (bicyclic) bond motifs is 1. The number of rotatable bonds is 5. The van der Waals surface area contributed by atoms with E-state index in [1.165, 1.54) is 0 Å². The van der Waals surface area contributed by atoms with Gasteiger partial charge >= 0.3 is 0 Å². The van der Waals surface area contributed by atoms with Crippen LogP contribution in [0.1, 0.15) is 31.7 Å². The van der Waals surface area contributed by atoms with Crippen molar-refractivity contribution in [1.82, 2.24) is 10.3 Å². The maximum atomic E-state index is 11.5. The highest BCUT2D eigenvalue weighted by atomic mass is 16.6. The quantitative estimate of drug-likeness (QED) is 0.670. The van der Waals surface area contributed by atoms with E-state index in [2.05, 4.69) is 17.2 Å². The second kappa shape index (κ2) is 5.96. The molecule has 0 bridgehead atoms. The number of likely N-dealkylation sites (N-methyl/N-ethyl adjacent to an activating group) is 1. The van der Waals surface area contributed by atoms with Crippen LogP contribution in [-0.2, 0) is 0 Å². The van der Waals surface area contributed by atoms with Gasteiger partial charge in [0.25, 0.3) is 5.69 Å². The summed E-state index contributed by atoms with van der Waals surface area (Å²) in [6.07, 6.45) is 2.49. The summed E-state index contributed by atoms with van der Waals surface area (Å²) in [4.78, 5) is 15.4. The Morgan fingerprint density at radius 3 is 2.75 bits per heavy atom. The van der Waals surface area contributed by atoms with Crippen LogP contribution >= 0.6 is 0 Å². The van der Waals surface area contributed by atoms with Crippen LogP contribution in [0.15, 0.2) is 30.5 Å². The van der Waals surface area contributed by atoms with E-state index in [4.69, 9.17) is 0 Å². The zero-order chi connectivity index (χ0) is 14.7. The lowest BCUT2D eigenvalue weighted by Gasteiger charge is -2.22. The number of aromatic nitrogens is 1. The maximum Gasteiger partial charge on any atom is 0.282 e. The van der Waals surface area contributed by atoms with Crippen molar-refractivity contribution in [3.05, 3.63) is 46.1 Å². The lowest BCUT2D eigenvalue weighted by atomic mass is 9.88. The van der Waals surface area contributed by atoms with Crippen LogP contribution in [0.25, 0.3) is 10.9 Å². The largest absolute Gasteiger partial charge is 0.317 e. The Hall–Kier alpha value is -2.01. The maximum absolute atomic E-state index is 11.5. The molecular weight excluding hydrogens is 254 g/mol. The molecule has 1 aromatic carbocycles. The van der Waals surface area contributed by atoms with Crippen molar-refractivity contribution in [2.75, 3.05) is 7.05 Å². The molecule has 0 aliphatic carbocycles. The molecule has 2 aromatic rings. The van der Waals surface area contributed by atoms with Crippen molar-refractivity contribution in [3.63, 3.8) is 0 Å². The van der Waals surface area contributed by atoms with Crippen molar-refractivity contribution in [2.24, 2.45) is 0 Å². The summed E-state index contributed by atoms with van der Waals surface area (Å²) in [6.45, 7) is 4.10. The van der Waals surface area contributed by atoms with E-state index < -0.39 is 0 Å². The number of nitrogens with zero attached hydrogens (tertiary/aromatic N) is 2. The summed E-state index contributed by atoms with van der Waals surface area (Å²) < 4.78 is 0. The third-order valence-corrected chi connectivity index (χ3v) is 3.87. The van der Waals surface area contributed by atoms with Crippen LogP contribution in [0.2, 0.25) is 0 Å². The molecule has 0 spiro atoms. The molecular formula is C15H19N3O2. The van der Waals surface area contributed by atoms with Gasteiger partial charge in [0.05, 0.1) is 15.8 Å². The fourth-order valence-electron chi connectivity index (χ4n) is 2.70. The Bertz CT molecular complexity index is 628. The van der Waals surface area contributed by atoms with Crippen molar-refractivity contribution >= 4 is 16.6 Å². The van der Waals surface area contributed by atoms with E-state index in [0.717, 1.165) is 12.0 Å². The Labute approximate surface area is 118 Å². The average Bonchev–Trinajstić information content (AvgIpc) is 2.46. The lowest BCUT2D eigenvalue weighted by Crippen LogP contribution is -2.29. The molecule has 1 heterocycles. The van der Waals surface area contributed by atoms with Gasteiger partial charge in [0.2, 0.25) is 0 Å². The molecule has 0 aliphatic rings. The number of nitrogens with one attached hydrogen (secondary N) is 1. The monoisotopic (exact) mass is 273 g/mol. The Kier molecular flexibility index (Phi) is 4.29. The van der Waals surface area contributed by atoms with E-state index in [-0.39, 0.29) is 22.6 Å². The van der Waals surface area contributed by atoms with Gasteiger partial charge in [-0.3, -0.25) is 15.1 Å². The highest BCUT2D eigenvalue weighted by molar-refractivity contribution is 5.89. The van der Waals surface area contributed by atoms with E-state index >= 15 is 0 Å². The summed E-state index contributed by atoms with van der Waals surface area (Å²) in [5, 5.41) is 15.3. The molecule has 106 valence electrons. The number of hydrogen-bond acceptors (Lipinski definition) is 4. The molecule has 5 nitrogen and oxygen atoms in total. The van der Waals surface area contributed by atoms with Gasteiger partial charge in [-0.1, -0.05) is 6.92 Å². The zero-order valence-corrected chi connectivity index (χ0v) is 12.0. The molecule has 1 N–H and O–H groups in total. The third-order valence-electron chi connectivity index (χ3n) is 3.87. The van der Waals surface area contributed by atoms with Crippen molar-refractivity contribution in [1.29, 1.82) is 0 Å². The first-order valence-electron chi connectivity index (χ1n) is 6.79. The van der Waals surface area contributed by atoms with Crippen LogP contribution in [0.5, 0.6) is 0 Å². The van der Waals surface area contributed by atoms with Crippen LogP contribution in [0.4, 0.5) is 5.69 Å². The summed E-state index contributed by atoms with van der Waals surface area (Å²) in [5.74, 6) is 0.102. The minimum Gasteiger partial charge on any atom is -0.317 e. The minimum absolute atomic E-state index is 0.102. The second-order valence-electron chi connectivity index (χ2n) is 4.92. The highest BCUT2D eigenvalue weighted by Crippen LogP contribution is 2.36. The SMILES string of the molecule is CCC(c1ccc2ncccc2c1[N+](=O)[O-])C(C)NC. The van der Waals surface area contributed by atoms with Crippen molar-refractivity contribution in [3.8, 4) is 0 Å². The first-order chi connectivity index (χ1) is 9.60. The molecule has 2 rings (SSSR count). The lowest BCUT2D eigenvalue weighted by molar-refractivity contribution is -0.384. The van der Waals surface area contributed by atoms with Gasteiger partial charge in [0.1, 0.15) is 0 Å². The predicted molar refractivity (Wildman–Crippen MR) is 80.0 cm³/mol. The van der Waals surface area contributed by atoms with Gasteiger partial charge in [0.15, 0.2) is 0 Å². The summed E-state index contributed by atoms with van der Waals surface area (Å²) in [6, 6.07) is 7.38. The molecule has 20 heavy (non-hydrogen) atoms. The number of hydrogen-bond donors (Lipinski definition) is 1. The van der Waals surface area contributed by atoms with Gasteiger partial charge in [-0.2, -0.15) is 0 Å². The van der Waals surface area contributed by atoms with E-state index in [1.807, 2.05) is 26.1 Å². The Balaban J connectivity index is 2.69. The van der Waals surface area contributed by atoms with E-state index in [9.17, 15) is 10.1 Å². The highest BCUT2D eigenvalue weighted by Gasteiger charge is 2.27. The number of nitro benzene ring substituents is 1. The molecule has 0 aliphatic heterocycles. The summed E-state index contributed by atoms with van der Waals surface area (Å²) >= 11 is 0. The van der Waals surface area contributed by atoms with Gasteiger partial charge < -0.3 is 5.32 Å². The van der Waals surface area contributed by atoms with Gasteiger partial charge in [-0.05, 0) is 44.7 Å². The normalized spacial score (nSPS) is 14.2. The average molecular weight is 273 g/mol. The fraction of sp³-hybridized carbons (Fsp3) is 0.400. The molecule has 0 saturated heterocycles. The smallest absolute Gasteiger partial charge is 0.282 e. The molecule has 0 fully saturated rings. The Morgan fingerprint density at radius 2 is 2.15 bits per heavy atom. The molecule has 0 radical (unpaired) electrons. The van der Waals surface area contributed by atoms with Gasteiger partial charge in [-0.15, -0.1) is 0 Å². The van der Waals surface area contributed by atoms with Crippen molar-refractivity contribution < 1.29 is 4.92 Å². The zero-order valence-electron chi connectivity index (χ0n) is 12.0. The molecule has 2 unspecified atom stereocenters. The fourth-order valence-corrected chi connectivity index (χ4v) is 2.70. The van der Waals surface area contributed by atoms with Gasteiger partial charge in [-0.25, -0.2) is 0 Å². The summed E-state index contributed by atoms with van der Waals surface area (Å²) in [5.41, 5.74) is 1.62. The first-order valence-corrected chi connectivity index (χ1v) is 6.79. The van der Waals surface area contributed by atoms with Crippen LogP contribution in [-0.4, -0.2) is 23.0 Å². The standard InChI is InChI=1S/C15H19N3O2/c1-4-11(10(2)16-3)12-7-8-14-13(6-5-9-17-14)15(12)18(19)20/h5-11,16H,4H2,1-3H3. The Morgan fingerprint density at radius 1 is 1.40 bits per heavy atom. The first kappa shape index (κ1) is 14.4. The van der Waals surface area contributed by atoms with Crippen LogP contribution in [0, 0.1) is 10.1 Å².